The van der Waals surface area contributed by atoms with Gasteiger partial charge in [0.1, 0.15) is 23.5 Å². The number of ether oxygens (including phenoxy) is 1. The Balaban J connectivity index is 3.04. The van der Waals surface area contributed by atoms with Crippen molar-refractivity contribution in [3.8, 4) is 17.9 Å². The summed E-state index contributed by atoms with van der Waals surface area (Å²) in [4.78, 5) is 0. The van der Waals surface area contributed by atoms with E-state index in [2.05, 4.69) is 10.1 Å². The van der Waals surface area contributed by atoms with Crippen molar-refractivity contribution < 1.29 is 17.9 Å². The number of alkyl halides is 3. The largest absolute Gasteiger partial charge is 0.573 e. The molecular formula is C12H7ClF3N3O. The van der Waals surface area contributed by atoms with E-state index in [1.807, 2.05) is 0 Å². The molecule has 0 aliphatic heterocycles. The first kappa shape index (κ1) is 15.7. The molecule has 1 N–H and O–H groups in total. The van der Waals surface area contributed by atoms with Crippen molar-refractivity contribution in [2.45, 2.75) is 13.3 Å². The third kappa shape index (κ3) is 4.38. The summed E-state index contributed by atoms with van der Waals surface area (Å²) < 4.78 is 40.1. The standard InChI is InChI=1S/C12H7ClF3N3O/c1-7-2-11(20-12(14,15)16)9(13)3-10(7)19-6-8(4-17)5-18/h2-3,6,19H,1H3. The van der Waals surface area contributed by atoms with Crippen LogP contribution in [0.5, 0.6) is 5.75 Å². The number of benzene rings is 1. The van der Waals surface area contributed by atoms with Crippen LogP contribution in [0.1, 0.15) is 5.56 Å². The molecule has 8 heteroatoms. The zero-order valence-electron chi connectivity index (χ0n) is 10.0. The Morgan fingerprint density at radius 3 is 2.45 bits per heavy atom. The summed E-state index contributed by atoms with van der Waals surface area (Å²) in [7, 11) is 0. The fourth-order valence-electron chi connectivity index (χ4n) is 1.25. The van der Waals surface area contributed by atoms with Gasteiger partial charge in [0.25, 0.3) is 0 Å². The summed E-state index contributed by atoms with van der Waals surface area (Å²) in [6.45, 7) is 1.52. The lowest BCUT2D eigenvalue weighted by molar-refractivity contribution is -0.274. The molecule has 0 fully saturated rings. The molecule has 1 aromatic rings. The molecule has 1 rings (SSSR count). The minimum atomic E-state index is -4.83. The van der Waals surface area contributed by atoms with Gasteiger partial charge >= 0.3 is 6.36 Å². The van der Waals surface area contributed by atoms with Crippen LogP contribution in [0.25, 0.3) is 0 Å². The predicted octanol–water partition coefficient (Wildman–Crippen LogP) is 3.89. The van der Waals surface area contributed by atoms with Crippen molar-refractivity contribution in [1.82, 2.24) is 0 Å². The van der Waals surface area contributed by atoms with Gasteiger partial charge in [0.05, 0.1) is 5.02 Å². The minimum absolute atomic E-state index is 0.184. The van der Waals surface area contributed by atoms with Crippen molar-refractivity contribution in [3.63, 3.8) is 0 Å². The molecule has 0 aliphatic rings. The van der Waals surface area contributed by atoms with Crippen LogP contribution < -0.4 is 10.1 Å². The highest BCUT2D eigenvalue weighted by Crippen LogP contribution is 2.34. The molecule has 0 radical (unpaired) electrons. The van der Waals surface area contributed by atoms with E-state index in [0.717, 1.165) is 12.3 Å². The van der Waals surface area contributed by atoms with E-state index in [0.29, 0.717) is 11.3 Å². The average molecular weight is 302 g/mol. The molecule has 0 saturated heterocycles. The van der Waals surface area contributed by atoms with Gasteiger partial charge in [-0.05, 0) is 24.6 Å². The van der Waals surface area contributed by atoms with Crippen LogP contribution in [0.2, 0.25) is 5.02 Å². The van der Waals surface area contributed by atoms with E-state index in [1.54, 1.807) is 12.1 Å². The highest BCUT2D eigenvalue weighted by molar-refractivity contribution is 6.32. The molecule has 4 nitrogen and oxygen atoms in total. The number of hydrogen-bond acceptors (Lipinski definition) is 4. The highest BCUT2D eigenvalue weighted by Gasteiger charge is 2.32. The molecule has 0 unspecified atom stereocenters. The fourth-order valence-corrected chi connectivity index (χ4v) is 1.46. The Bertz CT molecular complexity index is 611. The lowest BCUT2D eigenvalue weighted by Crippen LogP contribution is -2.17. The molecule has 0 aliphatic carbocycles. The number of nitrogens with zero attached hydrogens (tertiary/aromatic N) is 2. The Morgan fingerprint density at radius 2 is 1.95 bits per heavy atom. The van der Waals surface area contributed by atoms with E-state index < -0.39 is 12.1 Å². The molecular weight excluding hydrogens is 295 g/mol. The number of halogens is 4. The third-order valence-corrected chi connectivity index (χ3v) is 2.41. The zero-order chi connectivity index (χ0) is 15.3. The first-order chi connectivity index (χ1) is 9.26. The first-order valence-electron chi connectivity index (χ1n) is 5.09. The van der Waals surface area contributed by atoms with E-state index in [1.165, 1.54) is 13.0 Å². The lowest BCUT2D eigenvalue weighted by atomic mass is 10.2. The zero-order valence-corrected chi connectivity index (χ0v) is 10.8. The first-order valence-corrected chi connectivity index (χ1v) is 5.47. The van der Waals surface area contributed by atoms with Gasteiger partial charge in [0.15, 0.2) is 0 Å². The topological polar surface area (TPSA) is 68.8 Å². The van der Waals surface area contributed by atoms with Crippen LogP contribution in [0.15, 0.2) is 23.9 Å². The molecule has 0 saturated carbocycles. The SMILES string of the molecule is Cc1cc(OC(F)(F)F)c(Cl)cc1NC=C(C#N)C#N. The number of aryl methyl sites for hydroxylation is 1. The summed E-state index contributed by atoms with van der Waals surface area (Å²) in [5, 5.41) is 19.5. The van der Waals surface area contributed by atoms with Gasteiger partial charge in [0.2, 0.25) is 0 Å². The van der Waals surface area contributed by atoms with Crippen LogP contribution in [0.3, 0.4) is 0 Å². The Kier molecular flexibility index (Phi) is 4.84. The fraction of sp³-hybridized carbons (Fsp3) is 0.167. The molecule has 1 aromatic carbocycles. The van der Waals surface area contributed by atoms with Crippen molar-refractivity contribution in [2.24, 2.45) is 0 Å². The minimum Gasteiger partial charge on any atom is -0.404 e. The van der Waals surface area contributed by atoms with Crippen molar-refractivity contribution in [2.75, 3.05) is 5.32 Å². The molecule has 0 atom stereocenters. The van der Waals surface area contributed by atoms with E-state index in [4.69, 9.17) is 22.1 Å². The second-order valence-corrected chi connectivity index (χ2v) is 3.98. The average Bonchev–Trinajstić information content (AvgIpc) is 2.34. The van der Waals surface area contributed by atoms with Crippen molar-refractivity contribution in [3.05, 3.63) is 34.5 Å². The molecule has 0 aromatic heterocycles. The Hall–Kier alpha value is -2.38. The van der Waals surface area contributed by atoms with Gasteiger partial charge in [-0.3, -0.25) is 0 Å². The number of anilines is 1. The molecule has 0 spiro atoms. The van der Waals surface area contributed by atoms with Crippen LogP contribution in [-0.2, 0) is 0 Å². The maximum absolute atomic E-state index is 12.1. The number of nitrogens with one attached hydrogen (secondary N) is 1. The monoisotopic (exact) mass is 301 g/mol. The number of hydrogen-bond donors (Lipinski definition) is 1. The summed E-state index contributed by atoms with van der Waals surface area (Å²) in [6, 6.07) is 5.57. The van der Waals surface area contributed by atoms with Gasteiger partial charge in [-0.2, -0.15) is 10.5 Å². The number of nitriles is 2. The summed E-state index contributed by atoms with van der Waals surface area (Å²) >= 11 is 5.67. The summed E-state index contributed by atoms with van der Waals surface area (Å²) in [5.41, 5.74) is 0.573. The maximum atomic E-state index is 12.1. The normalized spacial score (nSPS) is 10.2. The van der Waals surface area contributed by atoms with Crippen LogP contribution >= 0.6 is 11.6 Å². The molecule has 104 valence electrons. The summed E-state index contributed by atoms with van der Waals surface area (Å²) in [6.07, 6.45) is -3.71. The van der Waals surface area contributed by atoms with Gasteiger partial charge in [-0.25, -0.2) is 0 Å². The van der Waals surface area contributed by atoms with E-state index >= 15 is 0 Å². The van der Waals surface area contributed by atoms with Crippen LogP contribution in [0.4, 0.5) is 18.9 Å². The molecule has 0 bridgehead atoms. The molecule has 20 heavy (non-hydrogen) atoms. The second-order valence-electron chi connectivity index (χ2n) is 3.57. The highest BCUT2D eigenvalue weighted by atomic mass is 35.5. The lowest BCUT2D eigenvalue weighted by Gasteiger charge is -2.13. The Morgan fingerprint density at radius 1 is 1.35 bits per heavy atom. The Labute approximate surface area is 117 Å². The van der Waals surface area contributed by atoms with Gasteiger partial charge in [-0.15, -0.1) is 13.2 Å². The predicted molar refractivity (Wildman–Crippen MR) is 65.8 cm³/mol. The number of allylic oxidation sites excluding steroid dienone is 1. The van der Waals surface area contributed by atoms with Crippen LogP contribution in [0, 0.1) is 29.6 Å². The van der Waals surface area contributed by atoms with Crippen LogP contribution in [-0.4, -0.2) is 6.36 Å². The van der Waals surface area contributed by atoms with E-state index in [9.17, 15) is 13.2 Å². The van der Waals surface area contributed by atoms with Crippen molar-refractivity contribution in [1.29, 1.82) is 10.5 Å². The second kappa shape index (κ2) is 6.18. The number of rotatable bonds is 3. The molecule has 0 heterocycles. The van der Waals surface area contributed by atoms with E-state index in [-0.39, 0.29) is 10.6 Å². The van der Waals surface area contributed by atoms with Gasteiger partial charge in [0, 0.05) is 11.9 Å². The smallest absolute Gasteiger partial charge is 0.404 e. The quantitative estimate of drug-likeness (QED) is 0.860. The van der Waals surface area contributed by atoms with Gasteiger partial charge < -0.3 is 10.1 Å². The summed E-state index contributed by atoms with van der Waals surface area (Å²) in [5.74, 6) is -0.521. The third-order valence-electron chi connectivity index (χ3n) is 2.12. The van der Waals surface area contributed by atoms with Crippen molar-refractivity contribution >= 4 is 17.3 Å². The van der Waals surface area contributed by atoms with Gasteiger partial charge in [-0.1, -0.05) is 11.6 Å². The molecule has 0 amide bonds. The maximum Gasteiger partial charge on any atom is 0.573 e.